The van der Waals surface area contributed by atoms with Gasteiger partial charge in [-0.3, -0.25) is 4.79 Å². The number of aryl methyl sites for hydroxylation is 1. The molecule has 2 N–H and O–H groups in total. The van der Waals surface area contributed by atoms with E-state index in [0.29, 0.717) is 6.04 Å². The minimum absolute atomic E-state index is 0.0285. The van der Waals surface area contributed by atoms with Gasteiger partial charge in [0.1, 0.15) is 0 Å². The molecule has 4 heteroatoms. The van der Waals surface area contributed by atoms with Gasteiger partial charge in [-0.15, -0.1) is 0 Å². The van der Waals surface area contributed by atoms with Crippen LogP contribution in [0.15, 0.2) is 16.9 Å². The summed E-state index contributed by atoms with van der Waals surface area (Å²) in [5, 5.41) is 4.49. The molecular weight excluding hydrogens is 244 g/mol. The van der Waals surface area contributed by atoms with Crippen LogP contribution in [0.1, 0.15) is 43.0 Å². The van der Waals surface area contributed by atoms with Crippen LogP contribution in [0.25, 0.3) is 0 Å². The van der Waals surface area contributed by atoms with Gasteiger partial charge in [0, 0.05) is 29.6 Å². The number of rotatable bonds is 3. The zero-order valence-corrected chi connectivity index (χ0v) is 11.4. The molecule has 2 atom stereocenters. The van der Waals surface area contributed by atoms with E-state index in [-0.39, 0.29) is 5.56 Å². The van der Waals surface area contributed by atoms with Crippen LogP contribution < -0.4 is 10.9 Å². The fourth-order valence-corrected chi connectivity index (χ4v) is 4.21. The standard InChI is InChI=1S/C14H20N2OS/c17-14-7-6-11-12(4-1-5-13(11)16-14)15-9-10-3-2-8-18-10/h6-7,10,12,15H,1-5,8-9H2,(H,16,17). The molecule has 2 heterocycles. The molecule has 2 unspecified atom stereocenters. The Morgan fingerprint density at radius 2 is 2.28 bits per heavy atom. The van der Waals surface area contributed by atoms with E-state index in [1.807, 2.05) is 6.07 Å². The zero-order chi connectivity index (χ0) is 12.4. The first kappa shape index (κ1) is 12.3. The Bertz CT molecular complexity index is 465. The van der Waals surface area contributed by atoms with E-state index < -0.39 is 0 Å². The second kappa shape index (κ2) is 5.49. The van der Waals surface area contributed by atoms with Crippen molar-refractivity contribution in [3.05, 3.63) is 33.7 Å². The Hall–Kier alpha value is -0.740. The minimum atomic E-state index is 0.0285. The first-order chi connectivity index (χ1) is 8.83. The van der Waals surface area contributed by atoms with Gasteiger partial charge in [-0.2, -0.15) is 11.8 Å². The Kier molecular flexibility index (Phi) is 3.75. The van der Waals surface area contributed by atoms with Gasteiger partial charge in [-0.25, -0.2) is 0 Å². The van der Waals surface area contributed by atoms with Gasteiger partial charge >= 0.3 is 0 Å². The first-order valence-electron chi connectivity index (χ1n) is 6.90. The van der Waals surface area contributed by atoms with E-state index in [1.165, 1.54) is 37.0 Å². The molecule has 98 valence electrons. The number of H-pyrrole nitrogens is 1. The van der Waals surface area contributed by atoms with E-state index >= 15 is 0 Å². The molecule has 0 aromatic carbocycles. The predicted octanol–water partition coefficient (Wildman–Crippen LogP) is 2.24. The maximum absolute atomic E-state index is 11.3. The van der Waals surface area contributed by atoms with E-state index in [9.17, 15) is 4.79 Å². The second-order valence-electron chi connectivity index (χ2n) is 5.24. The topological polar surface area (TPSA) is 44.9 Å². The largest absolute Gasteiger partial charge is 0.326 e. The van der Waals surface area contributed by atoms with Crippen LogP contribution in [-0.4, -0.2) is 22.5 Å². The lowest BCUT2D eigenvalue weighted by Crippen LogP contribution is -2.31. The fourth-order valence-electron chi connectivity index (χ4n) is 2.99. The van der Waals surface area contributed by atoms with Crippen molar-refractivity contribution in [2.24, 2.45) is 0 Å². The predicted molar refractivity (Wildman–Crippen MR) is 76.2 cm³/mol. The third kappa shape index (κ3) is 2.64. The molecule has 1 saturated heterocycles. The van der Waals surface area contributed by atoms with Gasteiger partial charge in [0.2, 0.25) is 5.56 Å². The molecule has 1 aromatic heterocycles. The Labute approximate surface area is 112 Å². The molecule has 1 aliphatic heterocycles. The number of fused-ring (bicyclic) bond motifs is 1. The monoisotopic (exact) mass is 264 g/mol. The van der Waals surface area contributed by atoms with Crippen molar-refractivity contribution < 1.29 is 0 Å². The van der Waals surface area contributed by atoms with Crippen molar-refractivity contribution in [3.8, 4) is 0 Å². The highest BCUT2D eigenvalue weighted by Gasteiger charge is 2.22. The number of aromatic amines is 1. The highest BCUT2D eigenvalue weighted by molar-refractivity contribution is 8.00. The van der Waals surface area contributed by atoms with E-state index in [4.69, 9.17) is 0 Å². The summed E-state index contributed by atoms with van der Waals surface area (Å²) in [4.78, 5) is 14.3. The number of pyridine rings is 1. The summed E-state index contributed by atoms with van der Waals surface area (Å²) in [6.07, 6.45) is 6.09. The average Bonchev–Trinajstić information content (AvgIpc) is 2.89. The molecule has 1 aromatic rings. The Morgan fingerprint density at radius 3 is 3.11 bits per heavy atom. The summed E-state index contributed by atoms with van der Waals surface area (Å²) in [5.74, 6) is 1.32. The number of hydrogen-bond acceptors (Lipinski definition) is 3. The zero-order valence-electron chi connectivity index (χ0n) is 10.6. The molecule has 1 fully saturated rings. The molecule has 2 aliphatic rings. The first-order valence-corrected chi connectivity index (χ1v) is 7.95. The molecule has 18 heavy (non-hydrogen) atoms. The van der Waals surface area contributed by atoms with Gasteiger partial charge in [0.15, 0.2) is 0 Å². The van der Waals surface area contributed by atoms with Crippen molar-refractivity contribution in [2.75, 3.05) is 12.3 Å². The number of nitrogens with one attached hydrogen (secondary N) is 2. The molecule has 0 spiro atoms. The third-order valence-corrected chi connectivity index (χ3v) is 5.35. The van der Waals surface area contributed by atoms with Crippen LogP contribution in [0.5, 0.6) is 0 Å². The van der Waals surface area contributed by atoms with Gasteiger partial charge in [0.25, 0.3) is 0 Å². The lowest BCUT2D eigenvalue weighted by molar-refractivity contribution is 0.452. The van der Waals surface area contributed by atoms with Gasteiger partial charge in [-0.05, 0) is 43.4 Å². The number of aromatic nitrogens is 1. The summed E-state index contributed by atoms with van der Waals surface area (Å²) >= 11 is 2.09. The molecule has 0 saturated carbocycles. The van der Waals surface area contributed by atoms with E-state index in [1.54, 1.807) is 6.07 Å². The summed E-state index contributed by atoms with van der Waals surface area (Å²) in [6, 6.07) is 4.10. The van der Waals surface area contributed by atoms with Gasteiger partial charge < -0.3 is 10.3 Å². The van der Waals surface area contributed by atoms with E-state index in [0.717, 1.165) is 23.9 Å². The van der Waals surface area contributed by atoms with Crippen molar-refractivity contribution in [1.82, 2.24) is 10.3 Å². The molecule has 3 nitrogen and oxygen atoms in total. The lowest BCUT2D eigenvalue weighted by atomic mass is 9.91. The Balaban J connectivity index is 1.68. The van der Waals surface area contributed by atoms with Crippen LogP contribution in [0.4, 0.5) is 0 Å². The quantitative estimate of drug-likeness (QED) is 0.880. The maximum atomic E-state index is 11.3. The normalized spacial score (nSPS) is 27.1. The third-order valence-electron chi connectivity index (χ3n) is 3.95. The van der Waals surface area contributed by atoms with Crippen molar-refractivity contribution in [2.45, 2.75) is 43.4 Å². The van der Waals surface area contributed by atoms with Gasteiger partial charge in [0.05, 0.1) is 0 Å². The summed E-state index contributed by atoms with van der Waals surface area (Å²) in [6.45, 7) is 1.11. The van der Waals surface area contributed by atoms with Crippen LogP contribution in [0.2, 0.25) is 0 Å². The summed E-state index contributed by atoms with van der Waals surface area (Å²) in [7, 11) is 0. The van der Waals surface area contributed by atoms with Crippen LogP contribution in [0, 0.1) is 0 Å². The van der Waals surface area contributed by atoms with Crippen LogP contribution in [-0.2, 0) is 6.42 Å². The van der Waals surface area contributed by atoms with Crippen molar-refractivity contribution in [3.63, 3.8) is 0 Å². The van der Waals surface area contributed by atoms with Crippen LogP contribution in [0.3, 0.4) is 0 Å². The minimum Gasteiger partial charge on any atom is -0.326 e. The highest BCUT2D eigenvalue weighted by atomic mass is 32.2. The summed E-state index contributed by atoms with van der Waals surface area (Å²) < 4.78 is 0. The molecule has 0 bridgehead atoms. The fraction of sp³-hybridized carbons (Fsp3) is 0.643. The SMILES string of the molecule is O=c1ccc2c([nH]1)CCCC2NCC1CCCS1. The second-order valence-corrected chi connectivity index (χ2v) is 6.65. The average molecular weight is 264 g/mol. The highest BCUT2D eigenvalue weighted by Crippen LogP contribution is 2.30. The molecule has 0 radical (unpaired) electrons. The number of hydrogen-bond donors (Lipinski definition) is 2. The summed E-state index contributed by atoms with van der Waals surface area (Å²) in [5.41, 5.74) is 2.48. The van der Waals surface area contributed by atoms with Gasteiger partial charge in [-0.1, -0.05) is 6.07 Å². The van der Waals surface area contributed by atoms with E-state index in [2.05, 4.69) is 22.1 Å². The maximum Gasteiger partial charge on any atom is 0.248 e. The molecule has 3 rings (SSSR count). The van der Waals surface area contributed by atoms with Crippen LogP contribution >= 0.6 is 11.8 Å². The van der Waals surface area contributed by atoms with Crippen molar-refractivity contribution >= 4 is 11.8 Å². The molecular formula is C14H20N2OS. The molecule has 0 amide bonds. The smallest absolute Gasteiger partial charge is 0.248 e. The lowest BCUT2D eigenvalue weighted by Gasteiger charge is -2.27. The number of thioether (sulfide) groups is 1. The Morgan fingerprint density at radius 1 is 1.33 bits per heavy atom. The molecule has 1 aliphatic carbocycles. The van der Waals surface area contributed by atoms with Crippen molar-refractivity contribution in [1.29, 1.82) is 0 Å².